The van der Waals surface area contributed by atoms with Crippen molar-refractivity contribution >= 4 is 5.91 Å². The molecule has 0 bridgehead atoms. The van der Waals surface area contributed by atoms with Crippen LogP contribution in [0.25, 0.3) is 0 Å². The van der Waals surface area contributed by atoms with Gasteiger partial charge >= 0.3 is 0 Å². The van der Waals surface area contributed by atoms with Gasteiger partial charge in [0.05, 0.1) is 6.54 Å². The zero-order valence-electron chi connectivity index (χ0n) is 11.4. The van der Waals surface area contributed by atoms with Gasteiger partial charge in [-0.1, -0.05) is 35.5 Å². The van der Waals surface area contributed by atoms with Crippen LogP contribution in [0.2, 0.25) is 0 Å². The Morgan fingerprint density at radius 3 is 2.85 bits per heavy atom. The molecule has 0 saturated heterocycles. The van der Waals surface area contributed by atoms with E-state index >= 15 is 0 Å². The number of nitrogens with zero attached hydrogens (tertiary/aromatic N) is 2. The Morgan fingerprint density at radius 1 is 1.30 bits per heavy atom. The molecule has 1 aromatic heterocycles. The van der Waals surface area contributed by atoms with Gasteiger partial charge in [-0.2, -0.15) is 4.98 Å². The lowest BCUT2D eigenvalue weighted by Crippen LogP contribution is -2.24. The highest BCUT2D eigenvalue weighted by Gasteiger charge is 2.06. The number of amides is 1. The summed E-state index contributed by atoms with van der Waals surface area (Å²) in [5.41, 5.74) is 1.15. The number of carbonyl (C=O) groups is 1. The van der Waals surface area contributed by atoms with Gasteiger partial charge in [-0.3, -0.25) is 4.79 Å². The fourth-order valence-corrected chi connectivity index (χ4v) is 1.73. The monoisotopic (exact) mass is 274 g/mol. The van der Waals surface area contributed by atoms with Gasteiger partial charge < -0.3 is 15.2 Å². The summed E-state index contributed by atoms with van der Waals surface area (Å²) in [7, 11) is 1.62. The summed E-state index contributed by atoms with van der Waals surface area (Å²) < 4.78 is 5.15. The maximum absolute atomic E-state index is 11.0. The Balaban J connectivity index is 1.76. The molecule has 0 saturated carbocycles. The van der Waals surface area contributed by atoms with E-state index in [4.69, 9.17) is 4.52 Å². The third-order valence-corrected chi connectivity index (χ3v) is 2.80. The summed E-state index contributed by atoms with van der Waals surface area (Å²) >= 11 is 0. The van der Waals surface area contributed by atoms with Crippen molar-refractivity contribution in [2.75, 3.05) is 13.6 Å². The molecule has 106 valence electrons. The fourth-order valence-electron chi connectivity index (χ4n) is 1.73. The summed E-state index contributed by atoms with van der Waals surface area (Å²) in [6.07, 6.45) is 1.09. The second-order valence-corrected chi connectivity index (χ2v) is 4.37. The molecule has 6 nitrogen and oxygen atoms in total. The van der Waals surface area contributed by atoms with E-state index in [9.17, 15) is 4.79 Å². The standard InChI is InChI=1S/C14H18N4O2/c1-15-13(19)7-8-16-10-14-17-12(18-20-14)9-11-5-3-2-4-6-11/h2-6,16H,7-10H2,1H3,(H,15,19). The molecule has 0 fully saturated rings. The van der Waals surface area contributed by atoms with Gasteiger partial charge in [-0.25, -0.2) is 0 Å². The SMILES string of the molecule is CNC(=O)CCNCc1nc(Cc2ccccc2)no1. The van der Waals surface area contributed by atoms with Crippen molar-refractivity contribution in [2.24, 2.45) is 0 Å². The number of rotatable bonds is 7. The van der Waals surface area contributed by atoms with Crippen molar-refractivity contribution in [1.82, 2.24) is 20.8 Å². The molecule has 0 unspecified atom stereocenters. The van der Waals surface area contributed by atoms with Crippen LogP contribution in [0.4, 0.5) is 0 Å². The van der Waals surface area contributed by atoms with E-state index in [-0.39, 0.29) is 5.91 Å². The minimum atomic E-state index is 0.00722. The van der Waals surface area contributed by atoms with E-state index in [1.807, 2.05) is 30.3 Å². The van der Waals surface area contributed by atoms with E-state index in [0.29, 0.717) is 37.6 Å². The summed E-state index contributed by atoms with van der Waals surface area (Å²) in [4.78, 5) is 15.3. The molecule has 2 N–H and O–H groups in total. The van der Waals surface area contributed by atoms with E-state index in [0.717, 1.165) is 5.56 Å². The van der Waals surface area contributed by atoms with Crippen molar-refractivity contribution in [3.63, 3.8) is 0 Å². The van der Waals surface area contributed by atoms with Crippen molar-refractivity contribution in [1.29, 1.82) is 0 Å². The molecule has 0 radical (unpaired) electrons. The smallest absolute Gasteiger partial charge is 0.240 e. The minimum absolute atomic E-state index is 0.00722. The lowest BCUT2D eigenvalue weighted by Gasteiger charge is -2.00. The van der Waals surface area contributed by atoms with Crippen LogP contribution in [0.1, 0.15) is 23.7 Å². The molecule has 0 atom stereocenters. The molecule has 1 amide bonds. The third-order valence-electron chi connectivity index (χ3n) is 2.80. The molecular weight excluding hydrogens is 256 g/mol. The van der Waals surface area contributed by atoms with Gasteiger partial charge in [-0.15, -0.1) is 0 Å². The van der Waals surface area contributed by atoms with Crippen LogP contribution in [0, 0.1) is 0 Å². The molecule has 0 spiro atoms. The maximum atomic E-state index is 11.0. The predicted octanol–water partition coefficient (Wildman–Crippen LogP) is 0.886. The number of benzene rings is 1. The Morgan fingerprint density at radius 2 is 2.10 bits per heavy atom. The lowest BCUT2D eigenvalue weighted by atomic mass is 10.1. The van der Waals surface area contributed by atoms with Crippen LogP contribution in [-0.2, 0) is 17.8 Å². The number of hydrogen-bond acceptors (Lipinski definition) is 5. The Labute approximate surface area is 117 Å². The van der Waals surface area contributed by atoms with Crippen LogP contribution in [0.3, 0.4) is 0 Å². The number of hydrogen-bond donors (Lipinski definition) is 2. The molecule has 0 aliphatic carbocycles. The summed E-state index contributed by atoms with van der Waals surface area (Å²) in [5.74, 6) is 1.21. The van der Waals surface area contributed by atoms with Crippen LogP contribution >= 0.6 is 0 Å². The highest BCUT2D eigenvalue weighted by atomic mass is 16.5. The van der Waals surface area contributed by atoms with Crippen molar-refractivity contribution in [3.05, 3.63) is 47.6 Å². The van der Waals surface area contributed by atoms with Gasteiger partial charge in [0.25, 0.3) is 0 Å². The van der Waals surface area contributed by atoms with Crippen molar-refractivity contribution in [3.8, 4) is 0 Å². The first kappa shape index (κ1) is 14.2. The van der Waals surface area contributed by atoms with Gasteiger partial charge in [-0.05, 0) is 5.56 Å². The zero-order chi connectivity index (χ0) is 14.2. The predicted molar refractivity (Wildman–Crippen MR) is 73.9 cm³/mol. The molecule has 1 heterocycles. The van der Waals surface area contributed by atoms with Crippen molar-refractivity contribution < 1.29 is 9.32 Å². The maximum Gasteiger partial charge on any atom is 0.240 e. The first-order chi connectivity index (χ1) is 9.78. The minimum Gasteiger partial charge on any atom is -0.359 e. The lowest BCUT2D eigenvalue weighted by molar-refractivity contribution is -0.120. The first-order valence-electron chi connectivity index (χ1n) is 6.54. The van der Waals surface area contributed by atoms with Gasteiger partial charge in [0.2, 0.25) is 11.8 Å². The average Bonchev–Trinajstić information content (AvgIpc) is 2.92. The van der Waals surface area contributed by atoms with E-state index in [1.165, 1.54) is 0 Å². The molecule has 2 aromatic rings. The second kappa shape index (κ2) is 7.40. The number of aromatic nitrogens is 2. The van der Waals surface area contributed by atoms with Gasteiger partial charge in [0.15, 0.2) is 5.82 Å². The Kier molecular flexibility index (Phi) is 5.25. The fraction of sp³-hybridized carbons (Fsp3) is 0.357. The van der Waals surface area contributed by atoms with Gasteiger partial charge in [0, 0.05) is 26.4 Å². The number of nitrogens with one attached hydrogen (secondary N) is 2. The third kappa shape index (κ3) is 4.47. The molecule has 0 aliphatic rings. The topological polar surface area (TPSA) is 80.0 Å². The van der Waals surface area contributed by atoms with E-state index < -0.39 is 0 Å². The van der Waals surface area contributed by atoms with Crippen LogP contribution in [-0.4, -0.2) is 29.6 Å². The van der Waals surface area contributed by atoms with Crippen LogP contribution in [0.5, 0.6) is 0 Å². The highest BCUT2D eigenvalue weighted by molar-refractivity contribution is 5.75. The molecule has 1 aromatic carbocycles. The summed E-state index contributed by atoms with van der Waals surface area (Å²) in [6.45, 7) is 1.05. The summed E-state index contributed by atoms with van der Waals surface area (Å²) in [6, 6.07) is 9.99. The quantitative estimate of drug-likeness (QED) is 0.733. The average molecular weight is 274 g/mol. The zero-order valence-corrected chi connectivity index (χ0v) is 11.4. The molecule has 2 rings (SSSR count). The van der Waals surface area contributed by atoms with E-state index in [2.05, 4.69) is 20.8 Å². The molecule has 0 aliphatic heterocycles. The van der Waals surface area contributed by atoms with Crippen molar-refractivity contribution in [2.45, 2.75) is 19.4 Å². The number of carbonyl (C=O) groups excluding carboxylic acids is 1. The highest BCUT2D eigenvalue weighted by Crippen LogP contribution is 2.06. The largest absolute Gasteiger partial charge is 0.359 e. The molecular formula is C14H18N4O2. The van der Waals surface area contributed by atoms with Crippen LogP contribution in [0.15, 0.2) is 34.9 Å². The summed E-state index contributed by atoms with van der Waals surface area (Å²) in [5, 5.41) is 9.59. The molecule has 20 heavy (non-hydrogen) atoms. The van der Waals surface area contributed by atoms with Crippen LogP contribution < -0.4 is 10.6 Å². The Bertz CT molecular complexity index is 539. The second-order valence-electron chi connectivity index (χ2n) is 4.37. The van der Waals surface area contributed by atoms with Gasteiger partial charge in [0.1, 0.15) is 0 Å². The Hall–Kier alpha value is -2.21. The molecule has 6 heteroatoms. The normalized spacial score (nSPS) is 10.4. The van der Waals surface area contributed by atoms with E-state index in [1.54, 1.807) is 7.05 Å². The first-order valence-corrected chi connectivity index (χ1v) is 6.54.